The van der Waals surface area contributed by atoms with Gasteiger partial charge in [0.05, 0.1) is 17.1 Å². The molecule has 1 aliphatic heterocycles. The minimum absolute atomic E-state index is 0.0193. The summed E-state index contributed by atoms with van der Waals surface area (Å²) in [4.78, 5) is 39.7. The fraction of sp³-hybridized carbons (Fsp3) is 0.423. The monoisotopic (exact) mass is 482 g/mol. The zero-order valence-corrected chi connectivity index (χ0v) is 20.0. The predicted octanol–water partition coefficient (Wildman–Crippen LogP) is 4.69. The second kappa shape index (κ2) is 11.4. The highest BCUT2D eigenvalue weighted by Gasteiger charge is 2.20. The first kappa shape index (κ1) is 24.1. The van der Waals surface area contributed by atoms with Gasteiger partial charge in [-0.1, -0.05) is 36.9 Å². The third-order valence-corrected chi connectivity index (χ3v) is 6.72. The van der Waals surface area contributed by atoms with Crippen molar-refractivity contribution < 1.29 is 14.4 Å². The Morgan fingerprint density at radius 1 is 0.912 bits per heavy atom. The van der Waals surface area contributed by atoms with Crippen molar-refractivity contribution in [2.75, 3.05) is 30.3 Å². The Bertz CT molecular complexity index is 1050. The van der Waals surface area contributed by atoms with Crippen molar-refractivity contribution >= 4 is 40.7 Å². The number of anilines is 2. The van der Waals surface area contributed by atoms with Crippen molar-refractivity contribution in [1.29, 1.82) is 0 Å². The summed E-state index contributed by atoms with van der Waals surface area (Å²) in [6.07, 6.45) is 7.50. The van der Waals surface area contributed by atoms with E-state index in [9.17, 15) is 14.4 Å². The Kier molecular flexibility index (Phi) is 8.06. The van der Waals surface area contributed by atoms with Gasteiger partial charge in [0, 0.05) is 36.1 Å². The van der Waals surface area contributed by atoms with Crippen LogP contribution in [0.3, 0.4) is 0 Å². The van der Waals surface area contributed by atoms with Gasteiger partial charge in [-0.25, -0.2) is 0 Å². The second-order valence-corrected chi connectivity index (χ2v) is 9.39. The molecule has 3 amide bonds. The Balaban J connectivity index is 1.32. The van der Waals surface area contributed by atoms with E-state index in [1.165, 1.54) is 6.42 Å². The number of halogens is 1. The van der Waals surface area contributed by atoms with Crippen molar-refractivity contribution in [3.05, 3.63) is 58.6 Å². The van der Waals surface area contributed by atoms with Crippen LogP contribution in [0.15, 0.2) is 42.5 Å². The normalized spacial score (nSPS) is 16.2. The van der Waals surface area contributed by atoms with Crippen LogP contribution in [0.4, 0.5) is 11.4 Å². The summed E-state index contributed by atoms with van der Waals surface area (Å²) >= 11 is 6.26. The fourth-order valence-corrected chi connectivity index (χ4v) is 4.74. The average molecular weight is 483 g/mol. The molecule has 8 heteroatoms. The molecule has 0 atom stereocenters. The first-order chi connectivity index (χ1) is 16.5. The molecule has 3 N–H and O–H groups in total. The van der Waals surface area contributed by atoms with E-state index in [1.807, 2.05) is 11.0 Å². The number of nitrogens with zero attached hydrogens (tertiary/aromatic N) is 1. The summed E-state index contributed by atoms with van der Waals surface area (Å²) in [7, 11) is 0. The van der Waals surface area contributed by atoms with Gasteiger partial charge >= 0.3 is 0 Å². The van der Waals surface area contributed by atoms with Crippen LogP contribution in [-0.4, -0.2) is 48.3 Å². The molecule has 7 nitrogen and oxygen atoms in total. The number of nitrogens with one attached hydrogen (secondary N) is 3. The van der Waals surface area contributed by atoms with Crippen molar-refractivity contribution in [1.82, 2.24) is 10.2 Å². The molecule has 1 aliphatic carbocycles. The highest BCUT2D eigenvalue weighted by atomic mass is 35.5. The van der Waals surface area contributed by atoms with Gasteiger partial charge in [0.1, 0.15) is 0 Å². The van der Waals surface area contributed by atoms with Crippen LogP contribution >= 0.6 is 11.6 Å². The van der Waals surface area contributed by atoms with Gasteiger partial charge in [0.25, 0.3) is 11.8 Å². The van der Waals surface area contributed by atoms with Crippen LogP contribution in [0, 0.1) is 0 Å². The number of rotatable bonds is 7. The van der Waals surface area contributed by atoms with E-state index in [-0.39, 0.29) is 30.3 Å². The standard InChI is InChI=1S/C26H31ClN4O3/c27-23-12-11-21(16-22(23)25(33)30-19-8-2-1-3-9-19)29-24(32)17-28-20-10-6-7-18(15-20)26(34)31-13-4-5-14-31/h6-7,10-12,15-16,19,28H,1-5,8-9,13-14,17H2,(H,29,32)(H,30,33). The number of carbonyl (C=O) groups excluding carboxylic acids is 3. The lowest BCUT2D eigenvalue weighted by Gasteiger charge is -2.23. The summed E-state index contributed by atoms with van der Waals surface area (Å²) in [5.41, 5.74) is 2.16. The minimum atomic E-state index is -0.266. The van der Waals surface area contributed by atoms with Crippen LogP contribution in [0.25, 0.3) is 0 Å². The van der Waals surface area contributed by atoms with Crippen molar-refractivity contribution in [2.24, 2.45) is 0 Å². The molecule has 0 unspecified atom stereocenters. The Morgan fingerprint density at radius 3 is 2.44 bits per heavy atom. The third kappa shape index (κ3) is 6.29. The van der Waals surface area contributed by atoms with E-state index in [0.717, 1.165) is 51.6 Å². The maximum absolute atomic E-state index is 12.7. The van der Waals surface area contributed by atoms with E-state index in [2.05, 4.69) is 16.0 Å². The lowest BCUT2D eigenvalue weighted by Crippen LogP contribution is -2.36. The molecule has 1 heterocycles. The lowest BCUT2D eigenvalue weighted by atomic mass is 9.95. The van der Waals surface area contributed by atoms with E-state index in [4.69, 9.17) is 11.6 Å². The van der Waals surface area contributed by atoms with Gasteiger partial charge in [-0.05, 0) is 62.1 Å². The second-order valence-electron chi connectivity index (χ2n) is 8.98. The van der Waals surface area contributed by atoms with E-state index in [0.29, 0.717) is 27.5 Å². The summed E-state index contributed by atoms with van der Waals surface area (Å²) in [6.45, 7) is 1.61. The SMILES string of the molecule is O=C(CNc1cccc(C(=O)N2CCCC2)c1)Nc1ccc(Cl)c(C(=O)NC2CCCCC2)c1. The van der Waals surface area contributed by atoms with Crippen LogP contribution < -0.4 is 16.0 Å². The number of hydrogen-bond acceptors (Lipinski definition) is 4. The van der Waals surface area contributed by atoms with Crippen molar-refractivity contribution in [3.63, 3.8) is 0 Å². The van der Waals surface area contributed by atoms with E-state index >= 15 is 0 Å². The average Bonchev–Trinajstić information content (AvgIpc) is 3.39. The third-order valence-electron chi connectivity index (χ3n) is 6.39. The Hall–Kier alpha value is -3.06. The first-order valence-electron chi connectivity index (χ1n) is 12.0. The van der Waals surface area contributed by atoms with Gasteiger partial charge < -0.3 is 20.9 Å². The lowest BCUT2D eigenvalue weighted by molar-refractivity contribution is -0.114. The maximum atomic E-state index is 12.7. The summed E-state index contributed by atoms with van der Waals surface area (Å²) < 4.78 is 0. The molecule has 180 valence electrons. The van der Waals surface area contributed by atoms with Gasteiger partial charge in [-0.3, -0.25) is 14.4 Å². The summed E-state index contributed by atoms with van der Waals surface area (Å²) in [5, 5.41) is 9.28. The molecule has 1 saturated carbocycles. The molecule has 2 fully saturated rings. The van der Waals surface area contributed by atoms with Crippen LogP contribution in [0.5, 0.6) is 0 Å². The van der Waals surface area contributed by atoms with E-state index in [1.54, 1.807) is 36.4 Å². The fourth-order valence-electron chi connectivity index (χ4n) is 4.54. The molecule has 2 aliphatic rings. The van der Waals surface area contributed by atoms with Crippen molar-refractivity contribution in [3.8, 4) is 0 Å². The van der Waals surface area contributed by atoms with Gasteiger partial charge in [-0.15, -0.1) is 0 Å². The quantitative estimate of drug-likeness (QED) is 0.534. The highest BCUT2D eigenvalue weighted by molar-refractivity contribution is 6.34. The summed E-state index contributed by atoms with van der Waals surface area (Å²) in [6, 6.07) is 12.3. The Morgan fingerprint density at radius 2 is 1.68 bits per heavy atom. The number of benzene rings is 2. The first-order valence-corrected chi connectivity index (χ1v) is 12.4. The van der Waals surface area contributed by atoms with Crippen LogP contribution in [0.1, 0.15) is 65.7 Å². The zero-order valence-electron chi connectivity index (χ0n) is 19.2. The molecule has 0 radical (unpaired) electrons. The number of hydrogen-bond donors (Lipinski definition) is 3. The Labute approximate surface area is 205 Å². The molecule has 34 heavy (non-hydrogen) atoms. The molecule has 0 aromatic heterocycles. The predicted molar refractivity (Wildman–Crippen MR) is 134 cm³/mol. The molecule has 2 aromatic carbocycles. The smallest absolute Gasteiger partial charge is 0.253 e. The number of carbonyl (C=O) groups is 3. The van der Waals surface area contributed by atoms with Crippen LogP contribution in [-0.2, 0) is 4.79 Å². The number of amides is 3. The van der Waals surface area contributed by atoms with E-state index < -0.39 is 0 Å². The molecule has 2 aromatic rings. The minimum Gasteiger partial charge on any atom is -0.376 e. The van der Waals surface area contributed by atoms with Gasteiger partial charge in [-0.2, -0.15) is 0 Å². The molecule has 0 spiro atoms. The number of likely N-dealkylation sites (tertiary alicyclic amines) is 1. The summed E-state index contributed by atoms with van der Waals surface area (Å²) in [5.74, 6) is -0.464. The molecule has 1 saturated heterocycles. The molecule has 4 rings (SSSR count). The highest BCUT2D eigenvalue weighted by Crippen LogP contribution is 2.23. The zero-order chi connectivity index (χ0) is 23.9. The molecular weight excluding hydrogens is 452 g/mol. The molecular formula is C26H31ClN4O3. The van der Waals surface area contributed by atoms with Gasteiger partial charge in [0.2, 0.25) is 5.91 Å². The topological polar surface area (TPSA) is 90.5 Å². The largest absolute Gasteiger partial charge is 0.376 e. The van der Waals surface area contributed by atoms with Crippen LogP contribution in [0.2, 0.25) is 5.02 Å². The molecule has 0 bridgehead atoms. The van der Waals surface area contributed by atoms with Crippen molar-refractivity contribution in [2.45, 2.75) is 51.0 Å². The van der Waals surface area contributed by atoms with Gasteiger partial charge in [0.15, 0.2) is 0 Å². The maximum Gasteiger partial charge on any atom is 0.253 e.